The third-order valence-corrected chi connectivity index (χ3v) is 5.12. The number of rotatable bonds is 4. The molecule has 2 aromatic rings. The maximum Gasteiger partial charge on any atom is 0.129 e. The van der Waals surface area contributed by atoms with Crippen LogP contribution in [-0.4, -0.2) is 0 Å². The van der Waals surface area contributed by atoms with Gasteiger partial charge in [-0.1, -0.05) is 67.6 Å². The van der Waals surface area contributed by atoms with Gasteiger partial charge in [-0.2, -0.15) is 0 Å². The lowest BCUT2D eigenvalue weighted by molar-refractivity contribution is 0.305. The van der Waals surface area contributed by atoms with Gasteiger partial charge in [-0.05, 0) is 41.7 Å². The van der Waals surface area contributed by atoms with E-state index in [9.17, 15) is 0 Å². The molecule has 3 N–H and O–H groups in total. The fraction of sp³-hybridized carbons (Fsp3) is 0.154. The fourth-order valence-corrected chi connectivity index (χ4v) is 3.60. The Morgan fingerprint density at radius 1 is 1.07 bits per heavy atom. The molecule has 0 radical (unpaired) electrons. The van der Waals surface area contributed by atoms with Gasteiger partial charge in [0.25, 0.3) is 0 Å². The number of benzene rings is 2. The predicted octanol–water partition coefficient (Wildman–Crippen LogP) is 5.93. The van der Waals surface area contributed by atoms with E-state index in [1.165, 1.54) is 0 Å². The van der Waals surface area contributed by atoms with Gasteiger partial charge in [0.2, 0.25) is 0 Å². The van der Waals surface area contributed by atoms with Gasteiger partial charge in [0, 0.05) is 34.8 Å². The quantitative estimate of drug-likeness (QED) is 0.645. The Bertz CT molecular complexity index is 1060. The monoisotopic (exact) mass is 382 g/mol. The van der Waals surface area contributed by atoms with Gasteiger partial charge >= 0.3 is 0 Å². The van der Waals surface area contributed by atoms with Gasteiger partial charge in [0.05, 0.1) is 0 Å². The van der Waals surface area contributed by atoms with E-state index >= 15 is 0 Å². The first kappa shape index (κ1) is 18.9. The van der Waals surface area contributed by atoms with Crippen molar-refractivity contribution in [3.05, 3.63) is 101 Å². The number of fused-ring (bicyclic) bond motifs is 1. The smallest absolute Gasteiger partial charge is 0.129 e. The molecule has 3 heteroatoms. The molecular formula is C26H26N2O. The van der Waals surface area contributed by atoms with Crippen molar-refractivity contribution in [1.82, 2.24) is 5.32 Å². The summed E-state index contributed by atoms with van der Waals surface area (Å²) in [4.78, 5) is 0. The molecule has 4 rings (SSSR count). The van der Waals surface area contributed by atoms with Gasteiger partial charge in [0.1, 0.15) is 12.4 Å². The van der Waals surface area contributed by atoms with Crippen LogP contribution in [0.3, 0.4) is 0 Å². The van der Waals surface area contributed by atoms with Gasteiger partial charge in [-0.15, -0.1) is 0 Å². The van der Waals surface area contributed by atoms with Gasteiger partial charge in [-0.25, -0.2) is 0 Å². The molecule has 29 heavy (non-hydrogen) atoms. The SMILES string of the molecule is CC1=Cc2c(c(OCc3ccccc3)cc(N)c2C2=CC=CC(C)C=C2)C=CN1. The Balaban J connectivity index is 1.81. The predicted molar refractivity (Wildman–Crippen MR) is 123 cm³/mol. The molecule has 1 heterocycles. The average molecular weight is 383 g/mol. The van der Waals surface area contributed by atoms with Crippen molar-refractivity contribution in [3.63, 3.8) is 0 Å². The second kappa shape index (κ2) is 8.27. The van der Waals surface area contributed by atoms with Crippen molar-refractivity contribution in [2.24, 2.45) is 5.92 Å². The number of anilines is 1. The van der Waals surface area contributed by atoms with Crippen molar-refractivity contribution in [2.45, 2.75) is 20.5 Å². The summed E-state index contributed by atoms with van der Waals surface area (Å²) >= 11 is 0. The third kappa shape index (κ3) is 4.19. The second-order valence-corrected chi connectivity index (χ2v) is 7.47. The van der Waals surface area contributed by atoms with Crippen LogP contribution < -0.4 is 15.8 Å². The zero-order chi connectivity index (χ0) is 20.2. The van der Waals surface area contributed by atoms with Crippen LogP contribution in [0, 0.1) is 5.92 Å². The van der Waals surface area contributed by atoms with Crippen LogP contribution in [0.25, 0.3) is 17.7 Å². The van der Waals surface area contributed by atoms with E-state index in [1.807, 2.05) is 30.5 Å². The molecule has 0 saturated carbocycles. The van der Waals surface area contributed by atoms with Crippen LogP contribution in [-0.2, 0) is 6.61 Å². The average Bonchev–Trinajstić information content (AvgIpc) is 3.04. The molecule has 0 amide bonds. The summed E-state index contributed by atoms with van der Waals surface area (Å²) < 4.78 is 6.21. The maximum atomic E-state index is 6.57. The molecule has 0 spiro atoms. The summed E-state index contributed by atoms with van der Waals surface area (Å²) in [6.45, 7) is 4.72. The van der Waals surface area contributed by atoms with Crippen LogP contribution in [0.15, 0.2) is 78.7 Å². The van der Waals surface area contributed by atoms with Crippen molar-refractivity contribution in [1.29, 1.82) is 0 Å². The number of allylic oxidation sites excluding steroid dienone is 7. The molecule has 1 aliphatic carbocycles. The summed E-state index contributed by atoms with van der Waals surface area (Å²) in [5.41, 5.74) is 13.7. The number of hydrogen-bond donors (Lipinski definition) is 2. The number of ether oxygens (including phenoxy) is 1. The molecule has 0 aromatic heterocycles. The minimum atomic E-state index is 0.399. The lowest BCUT2D eigenvalue weighted by Gasteiger charge is -2.18. The highest BCUT2D eigenvalue weighted by atomic mass is 16.5. The highest BCUT2D eigenvalue weighted by molar-refractivity contribution is 5.92. The van der Waals surface area contributed by atoms with E-state index < -0.39 is 0 Å². The van der Waals surface area contributed by atoms with Crippen molar-refractivity contribution in [3.8, 4) is 5.75 Å². The lowest BCUT2D eigenvalue weighted by atomic mass is 9.91. The first-order valence-corrected chi connectivity index (χ1v) is 9.93. The lowest BCUT2D eigenvalue weighted by Crippen LogP contribution is -2.04. The molecule has 1 aliphatic heterocycles. The second-order valence-electron chi connectivity index (χ2n) is 7.47. The molecule has 1 unspecified atom stereocenters. The summed E-state index contributed by atoms with van der Waals surface area (Å²) in [6, 6.07) is 12.1. The Kier molecular flexibility index (Phi) is 5.39. The number of nitrogens with two attached hydrogens (primary N) is 1. The fourth-order valence-electron chi connectivity index (χ4n) is 3.60. The van der Waals surface area contributed by atoms with E-state index in [-0.39, 0.29) is 0 Å². The minimum absolute atomic E-state index is 0.399. The van der Waals surface area contributed by atoms with Crippen LogP contribution in [0.2, 0.25) is 0 Å². The topological polar surface area (TPSA) is 47.3 Å². The summed E-state index contributed by atoms with van der Waals surface area (Å²) in [5.74, 6) is 1.19. The Morgan fingerprint density at radius 3 is 2.72 bits per heavy atom. The Hall–Kier alpha value is -3.46. The molecule has 1 atom stereocenters. The molecule has 0 bridgehead atoms. The minimum Gasteiger partial charge on any atom is -0.488 e. The Morgan fingerprint density at radius 2 is 1.90 bits per heavy atom. The normalized spacial score (nSPS) is 17.5. The van der Waals surface area contributed by atoms with E-state index in [0.29, 0.717) is 18.2 Å². The van der Waals surface area contributed by atoms with Gasteiger partial charge in [0.15, 0.2) is 0 Å². The zero-order valence-corrected chi connectivity index (χ0v) is 16.9. The number of nitrogen functional groups attached to an aromatic ring is 1. The molecular weight excluding hydrogens is 356 g/mol. The highest BCUT2D eigenvalue weighted by Gasteiger charge is 2.19. The Labute approximate surface area is 172 Å². The van der Waals surface area contributed by atoms with Gasteiger partial charge in [-0.3, -0.25) is 0 Å². The van der Waals surface area contributed by atoms with Crippen LogP contribution in [0.5, 0.6) is 5.75 Å². The van der Waals surface area contributed by atoms with Crippen molar-refractivity contribution in [2.75, 3.05) is 5.73 Å². The molecule has 0 saturated heterocycles. The van der Waals surface area contributed by atoms with E-state index in [2.05, 4.69) is 73.8 Å². The molecule has 2 aromatic carbocycles. The standard InChI is InChI=1S/C26H26N2O/c1-18-7-6-10-21(12-11-18)26-23-15-19(2)28-14-13-22(23)25(16-24(26)27)29-17-20-8-4-3-5-9-20/h3-16,18,28H,17,27H2,1-2H3. The van der Waals surface area contributed by atoms with E-state index in [0.717, 1.165) is 39.3 Å². The number of hydrogen-bond acceptors (Lipinski definition) is 3. The van der Waals surface area contributed by atoms with E-state index in [1.54, 1.807) is 0 Å². The first-order valence-electron chi connectivity index (χ1n) is 9.93. The first-order chi connectivity index (χ1) is 14.1. The summed E-state index contributed by atoms with van der Waals surface area (Å²) in [6.07, 6.45) is 16.9. The van der Waals surface area contributed by atoms with Crippen LogP contribution >= 0.6 is 0 Å². The van der Waals surface area contributed by atoms with Crippen molar-refractivity contribution >= 4 is 23.4 Å². The van der Waals surface area contributed by atoms with Crippen LogP contribution in [0.1, 0.15) is 36.1 Å². The largest absolute Gasteiger partial charge is 0.488 e. The van der Waals surface area contributed by atoms with Crippen LogP contribution in [0.4, 0.5) is 5.69 Å². The molecule has 2 aliphatic rings. The summed E-state index contributed by atoms with van der Waals surface area (Å²) in [7, 11) is 0. The van der Waals surface area contributed by atoms with Gasteiger partial charge < -0.3 is 15.8 Å². The zero-order valence-electron chi connectivity index (χ0n) is 16.9. The highest BCUT2D eigenvalue weighted by Crippen LogP contribution is 2.39. The molecule has 0 fully saturated rings. The number of nitrogens with one attached hydrogen (secondary N) is 1. The summed E-state index contributed by atoms with van der Waals surface area (Å²) in [5, 5.41) is 3.29. The molecule has 146 valence electrons. The van der Waals surface area contributed by atoms with Crippen molar-refractivity contribution < 1.29 is 4.74 Å². The maximum absolute atomic E-state index is 6.57. The molecule has 3 nitrogen and oxygen atoms in total. The third-order valence-electron chi connectivity index (χ3n) is 5.12. The van der Waals surface area contributed by atoms with E-state index in [4.69, 9.17) is 10.5 Å².